The van der Waals surface area contributed by atoms with Gasteiger partial charge < -0.3 is 27.9 Å². The fourth-order valence-electron chi connectivity index (χ4n) is 6.07. The smallest absolute Gasteiger partial charge is 0.259 e. The number of hydrogen-bond donors (Lipinski definition) is 5. The average Bonchev–Trinajstić information content (AvgIpc) is 3.73. The molecule has 0 aliphatic rings. The number of hydrogen-bond acceptors (Lipinski definition) is 16. The lowest BCUT2D eigenvalue weighted by molar-refractivity contribution is 0.556. The van der Waals surface area contributed by atoms with Gasteiger partial charge in [-0.15, -0.1) is 15.3 Å². The van der Waals surface area contributed by atoms with Crippen molar-refractivity contribution in [2.75, 3.05) is 16.8 Å². The highest BCUT2D eigenvalue weighted by atomic mass is 15.5. The van der Waals surface area contributed by atoms with Gasteiger partial charge in [0.1, 0.15) is 11.5 Å². The second-order valence-corrected chi connectivity index (χ2v) is 18.2. The molecule has 18 nitrogen and oxygen atoms in total. The molecular weight excluding hydrogens is 793 g/mol. The van der Waals surface area contributed by atoms with E-state index >= 15 is 0 Å². The van der Waals surface area contributed by atoms with Gasteiger partial charge in [-0.1, -0.05) is 117 Å². The third kappa shape index (κ3) is 10.0. The Labute approximate surface area is 367 Å². The third-order valence-electron chi connectivity index (χ3n) is 9.81. The Bertz CT molecular complexity index is 2660. The quantitative estimate of drug-likeness (QED) is 0.0612. The lowest BCUT2D eigenvalue weighted by atomic mass is 9.88. The number of nitrogens with zero attached hydrogens (tertiary/aromatic N) is 13. The summed E-state index contributed by atoms with van der Waals surface area (Å²) >= 11 is 0. The van der Waals surface area contributed by atoms with Crippen LogP contribution in [-0.2, 0) is 10.8 Å². The first-order chi connectivity index (χ1) is 29.5. The number of nitrogen functional groups attached to an aromatic ring is 2. The zero-order chi connectivity index (χ0) is 46.0. The molecule has 3 aromatic carbocycles. The van der Waals surface area contributed by atoms with E-state index in [0.29, 0.717) is 39.8 Å². The van der Waals surface area contributed by atoms with Crippen molar-refractivity contribution in [3.63, 3.8) is 0 Å². The lowest BCUT2D eigenvalue weighted by Gasteiger charge is -2.21. The van der Waals surface area contributed by atoms with Crippen molar-refractivity contribution in [1.82, 2.24) is 34.5 Å². The number of aromatic nitrogens is 7. The van der Waals surface area contributed by atoms with Crippen molar-refractivity contribution in [3.8, 4) is 11.9 Å². The zero-order valence-corrected chi connectivity index (χ0v) is 38.0. The van der Waals surface area contributed by atoms with Crippen molar-refractivity contribution < 1.29 is 0 Å². The molecular formula is C45H56N18. The van der Waals surface area contributed by atoms with E-state index in [1.165, 1.54) is 9.36 Å². The molecule has 6 aromatic rings. The van der Waals surface area contributed by atoms with Gasteiger partial charge in [0.2, 0.25) is 5.95 Å². The molecule has 0 unspecified atom stereocenters. The molecule has 6 rings (SSSR count). The van der Waals surface area contributed by atoms with Crippen LogP contribution in [0.2, 0.25) is 0 Å². The van der Waals surface area contributed by atoms with Crippen LogP contribution < -0.4 is 22.5 Å². The first kappa shape index (κ1) is 45.0. The maximum atomic E-state index is 9.14. The van der Waals surface area contributed by atoms with Crippen molar-refractivity contribution in [1.29, 1.82) is 5.41 Å². The van der Waals surface area contributed by atoms with Crippen molar-refractivity contribution in [2.24, 2.45) is 41.8 Å². The molecule has 8 N–H and O–H groups in total. The highest BCUT2D eigenvalue weighted by Gasteiger charge is 2.31. The van der Waals surface area contributed by atoms with Crippen LogP contribution in [0.25, 0.3) is 11.9 Å². The van der Waals surface area contributed by atoms with E-state index in [4.69, 9.17) is 47.8 Å². The Hall–Kier alpha value is -7.50. The van der Waals surface area contributed by atoms with Gasteiger partial charge in [-0.3, -0.25) is 0 Å². The number of nitrogens with two attached hydrogens (primary N) is 3. The Balaban J connectivity index is 1.59. The highest BCUT2D eigenvalue weighted by Crippen LogP contribution is 2.40. The molecule has 326 valence electrons. The summed E-state index contributed by atoms with van der Waals surface area (Å²) in [6, 6.07) is 22.8. The van der Waals surface area contributed by atoms with Crippen LogP contribution in [0, 0.1) is 31.6 Å². The van der Waals surface area contributed by atoms with E-state index in [-0.39, 0.29) is 46.7 Å². The Morgan fingerprint density at radius 1 is 0.571 bits per heavy atom. The van der Waals surface area contributed by atoms with Gasteiger partial charge in [-0.2, -0.15) is 49.9 Å². The Kier molecular flexibility index (Phi) is 12.5. The van der Waals surface area contributed by atoms with E-state index < -0.39 is 16.2 Å². The van der Waals surface area contributed by atoms with Gasteiger partial charge in [0.25, 0.3) is 11.9 Å². The first-order valence-electron chi connectivity index (χ1n) is 20.4. The maximum Gasteiger partial charge on any atom is 0.259 e. The Morgan fingerprint density at radius 2 is 0.952 bits per heavy atom. The van der Waals surface area contributed by atoms with Crippen molar-refractivity contribution in [3.05, 3.63) is 112 Å². The van der Waals surface area contributed by atoms with Crippen LogP contribution in [0.15, 0.2) is 115 Å². The summed E-state index contributed by atoms with van der Waals surface area (Å²) in [5.41, 5.74) is 25.5. The monoisotopic (exact) mass is 848 g/mol. The van der Waals surface area contributed by atoms with Crippen molar-refractivity contribution >= 4 is 51.7 Å². The molecule has 3 heterocycles. The normalized spacial score (nSPS) is 13.1. The molecule has 0 saturated carbocycles. The summed E-state index contributed by atoms with van der Waals surface area (Å²) in [6.45, 7) is 23.4. The summed E-state index contributed by atoms with van der Waals surface area (Å²) in [6.07, 6.45) is 0. The predicted molar refractivity (Wildman–Crippen MR) is 249 cm³/mol. The van der Waals surface area contributed by atoms with Gasteiger partial charge >= 0.3 is 0 Å². The minimum absolute atomic E-state index is 0.0279. The molecule has 0 amide bonds. The van der Waals surface area contributed by atoms with E-state index in [1.54, 1.807) is 0 Å². The minimum atomic E-state index is -0.673. The van der Waals surface area contributed by atoms with Crippen LogP contribution in [-0.4, -0.2) is 40.2 Å². The zero-order valence-electron chi connectivity index (χ0n) is 38.0. The first-order valence-corrected chi connectivity index (χ1v) is 20.4. The van der Waals surface area contributed by atoms with E-state index in [9.17, 15) is 0 Å². The number of rotatable bonds is 11. The molecule has 0 atom stereocenters. The molecule has 18 heteroatoms. The molecule has 0 spiro atoms. The second-order valence-electron chi connectivity index (χ2n) is 18.2. The van der Waals surface area contributed by atoms with Crippen LogP contribution in [0.1, 0.15) is 90.4 Å². The van der Waals surface area contributed by atoms with Crippen molar-refractivity contribution in [2.45, 2.75) is 93.9 Å². The van der Waals surface area contributed by atoms with Gasteiger partial charge in [0.15, 0.2) is 23.0 Å². The van der Waals surface area contributed by atoms with Crippen LogP contribution >= 0.6 is 0 Å². The molecule has 0 aliphatic carbocycles. The number of nitrogens with one attached hydrogen (secondary N) is 2. The SMILES string of the molecule is Cc1ccccc1/N=N/C(C(=N)C(C)(C)C)=C(\N)Nc1nc(-n2nc(C(C)(C)C)c(/N=N/c3ccccc3C)c2N)nc(-n2nc(C(C)(C)C)c(/N=N/c3ccccc3C)c2N)n1. The topological polar surface area (TPSA) is 262 Å². The predicted octanol–water partition coefficient (Wildman–Crippen LogP) is 11.1. The van der Waals surface area contributed by atoms with Gasteiger partial charge in [-0.05, 0) is 55.7 Å². The molecule has 0 aliphatic heterocycles. The number of aryl methyl sites for hydroxylation is 3. The average molecular weight is 849 g/mol. The number of benzene rings is 3. The van der Waals surface area contributed by atoms with Gasteiger partial charge in [-0.25, -0.2) is 0 Å². The summed E-state index contributed by atoms with van der Waals surface area (Å²) in [5.74, 6) is 0.0527. The number of anilines is 3. The molecule has 63 heavy (non-hydrogen) atoms. The molecule has 3 aromatic heterocycles. The van der Waals surface area contributed by atoms with Crippen LogP contribution in [0.5, 0.6) is 0 Å². The summed E-state index contributed by atoms with van der Waals surface area (Å²) in [7, 11) is 0. The summed E-state index contributed by atoms with van der Waals surface area (Å²) in [5, 5.41) is 49.3. The number of allylic oxidation sites excluding steroid dienone is 1. The fraction of sp³-hybridized carbons (Fsp3) is 0.333. The van der Waals surface area contributed by atoms with Gasteiger partial charge in [0.05, 0.1) is 34.2 Å². The molecule has 0 fully saturated rings. The summed E-state index contributed by atoms with van der Waals surface area (Å²) in [4.78, 5) is 14.4. The maximum absolute atomic E-state index is 9.14. The molecule has 0 radical (unpaired) electrons. The lowest BCUT2D eigenvalue weighted by Crippen LogP contribution is -2.26. The Morgan fingerprint density at radius 3 is 1.32 bits per heavy atom. The number of azo groups is 3. The standard InChI is InChI=1S/C45H56N18/c1-25-19-13-16-22-28(25)54-57-31(34(46)43(4,5)6)37(47)50-40-51-41(62-38(48)32(35(60-62)44(7,8)9)58-55-29-23-17-14-20-26(29)2)53-42(52-40)63-39(49)33(36(61-63)45(10,11)12)59-56-30-24-18-15-21-27(30)3/h13-24,46H,47-49H2,1-12H3,(H,50,51,52,53)/b37-31+,46-34?,57-54+,58-55+,59-56+. The second kappa shape index (κ2) is 17.5. The minimum Gasteiger partial charge on any atom is -0.383 e. The van der Waals surface area contributed by atoms with E-state index in [1.807, 2.05) is 156 Å². The van der Waals surface area contributed by atoms with E-state index in [0.717, 1.165) is 16.7 Å². The van der Waals surface area contributed by atoms with E-state index in [2.05, 4.69) is 36.0 Å². The van der Waals surface area contributed by atoms with Crippen LogP contribution in [0.4, 0.5) is 46.0 Å². The summed E-state index contributed by atoms with van der Waals surface area (Å²) < 4.78 is 2.73. The van der Waals surface area contributed by atoms with Crippen LogP contribution in [0.3, 0.4) is 0 Å². The van der Waals surface area contributed by atoms with Gasteiger partial charge in [0, 0.05) is 16.2 Å². The highest BCUT2D eigenvalue weighted by molar-refractivity contribution is 6.01. The molecule has 0 saturated heterocycles. The molecule has 0 bridgehead atoms. The fourth-order valence-corrected chi connectivity index (χ4v) is 6.07. The third-order valence-corrected chi connectivity index (χ3v) is 9.81. The largest absolute Gasteiger partial charge is 0.383 e.